The molecule has 0 amide bonds. The molecule has 0 radical (unpaired) electrons. The molecule has 0 saturated carbocycles. The minimum Gasteiger partial charge on any atom is -0.457 e. The van der Waals surface area contributed by atoms with Gasteiger partial charge in [0.05, 0.1) is 28.6 Å². The Bertz CT molecular complexity index is 1410. The van der Waals surface area contributed by atoms with Gasteiger partial charge < -0.3 is 14.7 Å². The first kappa shape index (κ1) is 27.9. The molecule has 4 rings (SSSR count). The third kappa shape index (κ3) is 6.66. The lowest BCUT2D eigenvalue weighted by atomic mass is 10.1. The van der Waals surface area contributed by atoms with E-state index < -0.39 is 29.1 Å². The first-order valence-electron chi connectivity index (χ1n) is 12.9. The van der Waals surface area contributed by atoms with Gasteiger partial charge in [0.1, 0.15) is 22.9 Å². The second-order valence-corrected chi connectivity index (χ2v) is 11.9. The Morgan fingerprint density at radius 1 is 1.32 bits per heavy atom. The summed E-state index contributed by atoms with van der Waals surface area (Å²) >= 11 is 1.56. The van der Waals surface area contributed by atoms with Crippen LogP contribution >= 0.6 is 11.3 Å². The number of pyridine rings is 1. The van der Waals surface area contributed by atoms with Crippen LogP contribution in [0.2, 0.25) is 0 Å². The number of esters is 1. The predicted molar refractivity (Wildman–Crippen MR) is 147 cm³/mol. The number of piperidine rings is 1. The van der Waals surface area contributed by atoms with Crippen molar-refractivity contribution in [2.45, 2.75) is 77.9 Å². The highest BCUT2D eigenvalue weighted by Crippen LogP contribution is 2.24. The van der Waals surface area contributed by atoms with Gasteiger partial charge in [-0.15, -0.1) is 11.3 Å². The molecule has 3 aromatic rings. The Morgan fingerprint density at radius 3 is 2.74 bits per heavy atom. The van der Waals surface area contributed by atoms with E-state index in [4.69, 9.17) is 9.72 Å². The fraction of sp³-hybridized carbons (Fsp3) is 0.500. The summed E-state index contributed by atoms with van der Waals surface area (Å²) in [7, 11) is 0. The summed E-state index contributed by atoms with van der Waals surface area (Å²) in [6.45, 7) is 10.3. The maximum absolute atomic E-state index is 15.1. The van der Waals surface area contributed by atoms with Gasteiger partial charge in [-0.25, -0.2) is 19.2 Å². The molecular formula is C28H35FN4O4S. The molecule has 1 atom stereocenters. The van der Waals surface area contributed by atoms with Crippen LogP contribution in [-0.2, 0) is 22.4 Å². The summed E-state index contributed by atoms with van der Waals surface area (Å²) in [5, 5.41) is 13.2. The van der Waals surface area contributed by atoms with Gasteiger partial charge in [0.25, 0.3) is 5.56 Å². The molecule has 0 aliphatic carbocycles. The van der Waals surface area contributed by atoms with Gasteiger partial charge in [0, 0.05) is 31.0 Å². The first-order chi connectivity index (χ1) is 17.9. The van der Waals surface area contributed by atoms with Gasteiger partial charge in [-0.3, -0.25) is 9.20 Å². The Balaban J connectivity index is 1.72. The number of ether oxygens (including phenoxy) is 1. The first-order valence-corrected chi connectivity index (χ1v) is 13.8. The molecule has 1 N–H and O–H groups in total. The fourth-order valence-electron chi connectivity index (χ4n) is 4.36. The van der Waals surface area contributed by atoms with Gasteiger partial charge in [0.2, 0.25) is 0 Å². The SMILES string of the molecule is CC(C)c1csc(CCc2cc3nc(N4CCCC(O)C4)c(/C=C/C(=O)OC(C)(C)C)c(=O)n3cc2F)n1. The number of carbonyl (C=O) groups is 1. The molecule has 1 unspecified atom stereocenters. The van der Waals surface area contributed by atoms with Gasteiger partial charge in [-0.05, 0) is 63.7 Å². The van der Waals surface area contributed by atoms with Crippen LogP contribution in [0.1, 0.15) is 75.2 Å². The summed E-state index contributed by atoms with van der Waals surface area (Å²) in [4.78, 5) is 37.1. The van der Waals surface area contributed by atoms with Crippen molar-refractivity contribution >= 4 is 34.8 Å². The van der Waals surface area contributed by atoms with Crippen molar-refractivity contribution in [3.63, 3.8) is 0 Å². The van der Waals surface area contributed by atoms with E-state index in [1.807, 2.05) is 10.3 Å². The largest absolute Gasteiger partial charge is 0.457 e. The van der Waals surface area contributed by atoms with Crippen molar-refractivity contribution in [1.29, 1.82) is 0 Å². The van der Waals surface area contributed by atoms with Crippen LogP contribution < -0.4 is 10.5 Å². The maximum atomic E-state index is 15.1. The monoisotopic (exact) mass is 542 g/mol. The summed E-state index contributed by atoms with van der Waals surface area (Å²) in [6.07, 6.45) is 5.55. The molecule has 1 aliphatic rings. The van der Waals surface area contributed by atoms with E-state index in [0.29, 0.717) is 55.3 Å². The van der Waals surface area contributed by atoms with E-state index in [0.717, 1.165) is 27.7 Å². The number of carbonyl (C=O) groups excluding carboxylic acids is 1. The number of aliphatic hydroxyl groups excluding tert-OH is 1. The molecule has 10 heteroatoms. The lowest BCUT2D eigenvalue weighted by molar-refractivity contribution is -0.148. The van der Waals surface area contributed by atoms with Gasteiger partial charge in [0.15, 0.2) is 0 Å². The summed E-state index contributed by atoms with van der Waals surface area (Å²) < 4.78 is 21.6. The zero-order valence-electron chi connectivity index (χ0n) is 22.5. The van der Waals surface area contributed by atoms with Crippen LogP contribution in [-0.4, -0.2) is 50.2 Å². The molecule has 204 valence electrons. The van der Waals surface area contributed by atoms with Crippen molar-refractivity contribution in [3.8, 4) is 0 Å². The lowest BCUT2D eigenvalue weighted by Crippen LogP contribution is -2.40. The van der Waals surface area contributed by atoms with Crippen LogP contribution in [0, 0.1) is 5.82 Å². The third-order valence-corrected chi connectivity index (χ3v) is 7.19. The number of aryl methyl sites for hydroxylation is 2. The second-order valence-electron chi connectivity index (χ2n) is 11.0. The number of thiazole rings is 1. The smallest absolute Gasteiger partial charge is 0.331 e. The average molecular weight is 543 g/mol. The molecule has 1 fully saturated rings. The summed E-state index contributed by atoms with van der Waals surface area (Å²) in [5.41, 5.74) is 0.720. The highest BCUT2D eigenvalue weighted by Gasteiger charge is 2.24. The molecule has 8 nitrogen and oxygen atoms in total. The van der Waals surface area contributed by atoms with Crippen molar-refractivity contribution in [1.82, 2.24) is 14.4 Å². The van der Waals surface area contributed by atoms with Crippen molar-refractivity contribution in [3.05, 3.63) is 61.7 Å². The Morgan fingerprint density at radius 2 is 2.08 bits per heavy atom. The standard InChI is InChI=1S/C28H35FN4O4S/c1-17(2)22-16-38-24(30-22)10-8-18-13-23-31-26(32-12-6-7-19(34)14-32)20(27(36)33(23)15-21(18)29)9-11-25(35)37-28(3,4)5/h9,11,13,15-17,19,34H,6-8,10,12,14H2,1-5H3/b11-9+. The highest BCUT2D eigenvalue weighted by molar-refractivity contribution is 7.09. The van der Waals surface area contributed by atoms with E-state index >= 15 is 4.39 Å². The number of hydrogen-bond acceptors (Lipinski definition) is 8. The normalized spacial score (nSPS) is 16.6. The van der Waals surface area contributed by atoms with E-state index in [2.05, 4.69) is 18.8 Å². The van der Waals surface area contributed by atoms with Crippen LogP contribution in [0.25, 0.3) is 11.7 Å². The number of β-amino-alcohol motifs (C(OH)–C–C–N with tert-alkyl or cyclic N) is 1. The summed E-state index contributed by atoms with van der Waals surface area (Å²) in [6, 6.07) is 1.60. The molecule has 0 spiro atoms. The second kappa shape index (κ2) is 11.3. The minimum absolute atomic E-state index is 0.138. The zero-order chi connectivity index (χ0) is 27.6. The number of anilines is 1. The van der Waals surface area contributed by atoms with Crippen LogP contribution in [0.4, 0.5) is 10.2 Å². The average Bonchev–Trinajstić information content (AvgIpc) is 3.31. The van der Waals surface area contributed by atoms with Crippen molar-refractivity contribution < 1.29 is 19.0 Å². The number of rotatable bonds is 7. The van der Waals surface area contributed by atoms with E-state index in [9.17, 15) is 14.7 Å². The number of fused-ring (bicyclic) bond motifs is 1. The third-order valence-electron chi connectivity index (χ3n) is 6.27. The predicted octanol–water partition coefficient (Wildman–Crippen LogP) is 4.51. The lowest BCUT2D eigenvalue weighted by Gasteiger charge is -2.32. The maximum Gasteiger partial charge on any atom is 0.331 e. The van der Waals surface area contributed by atoms with Gasteiger partial charge in [-0.2, -0.15) is 0 Å². The van der Waals surface area contributed by atoms with E-state index in [1.165, 1.54) is 12.2 Å². The molecule has 4 heterocycles. The Kier molecular flexibility index (Phi) is 8.32. The molecule has 3 aromatic heterocycles. The van der Waals surface area contributed by atoms with Crippen LogP contribution in [0.3, 0.4) is 0 Å². The van der Waals surface area contributed by atoms with E-state index in [-0.39, 0.29) is 5.56 Å². The topological polar surface area (TPSA) is 97.0 Å². The van der Waals surface area contributed by atoms with E-state index in [1.54, 1.807) is 38.2 Å². The van der Waals surface area contributed by atoms with Gasteiger partial charge >= 0.3 is 5.97 Å². The highest BCUT2D eigenvalue weighted by atomic mass is 32.1. The molecule has 1 aliphatic heterocycles. The molecule has 1 saturated heterocycles. The van der Waals surface area contributed by atoms with Crippen molar-refractivity contribution in [2.75, 3.05) is 18.0 Å². The number of hydrogen-bond donors (Lipinski definition) is 1. The zero-order valence-corrected chi connectivity index (χ0v) is 23.3. The number of nitrogens with zero attached hydrogens (tertiary/aromatic N) is 4. The molecular weight excluding hydrogens is 507 g/mol. The van der Waals surface area contributed by atoms with Crippen molar-refractivity contribution in [2.24, 2.45) is 0 Å². The molecule has 0 bridgehead atoms. The van der Waals surface area contributed by atoms with Gasteiger partial charge in [-0.1, -0.05) is 13.8 Å². The van der Waals surface area contributed by atoms with Crippen LogP contribution in [0.15, 0.2) is 28.5 Å². The fourth-order valence-corrected chi connectivity index (χ4v) is 5.32. The number of aliphatic hydroxyl groups is 1. The Labute approximate surface area is 225 Å². The summed E-state index contributed by atoms with van der Waals surface area (Å²) in [5.74, 6) is -0.424. The number of aromatic nitrogens is 3. The quantitative estimate of drug-likeness (QED) is 0.346. The Hall–Kier alpha value is -3.11. The molecule has 38 heavy (non-hydrogen) atoms. The molecule has 0 aromatic carbocycles. The van der Waals surface area contributed by atoms with Crippen LogP contribution in [0.5, 0.6) is 0 Å². The number of halogens is 1. The minimum atomic E-state index is -0.688.